The molecule has 1 aliphatic carbocycles. The fraction of sp³-hybridized carbons (Fsp3) is 0.231. The molecule has 1 aromatic heterocycles. The molecular weight excluding hydrogens is 459 g/mol. The standard InChI is InChI=1S/C26H22F3N3O3/c1-34-19-7-8-20-18(10-19)12-23(24(20)35-25(33)26(27,28)29)30-13-15-2-4-16(5-3-15)17-6-9-21-22(11-17)32-14-31-21/h2-11,14,23-24,30H,12-13H2,1H3,(H,31,32). The number of alkyl halides is 3. The molecule has 0 aliphatic heterocycles. The summed E-state index contributed by atoms with van der Waals surface area (Å²) in [6.45, 7) is 0.397. The zero-order valence-corrected chi connectivity index (χ0v) is 18.7. The van der Waals surface area contributed by atoms with Crippen LogP contribution in [0, 0.1) is 0 Å². The number of imidazole rings is 1. The number of methoxy groups -OCH3 is 1. The van der Waals surface area contributed by atoms with Gasteiger partial charge in [0.15, 0.2) is 0 Å². The van der Waals surface area contributed by atoms with Crippen molar-refractivity contribution in [2.24, 2.45) is 0 Å². The number of carbonyl (C=O) groups excluding carboxylic acids is 1. The summed E-state index contributed by atoms with van der Waals surface area (Å²) < 4.78 is 48.8. The zero-order valence-electron chi connectivity index (χ0n) is 18.7. The molecule has 180 valence electrons. The van der Waals surface area contributed by atoms with Crippen LogP contribution in [0.3, 0.4) is 0 Å². The molecule has 3 aromatic carbocycles. The van der Waals surface area contributed by atoms with Gasteiger partial charge in [0.1, 0.15) is 11.9 Å². The molecule has 0 saturated carbocycles. The van der Waals surface area contributed by atoms with Gasteiger partial charge in [-0.05, 0) is 58.5 Å². The predicted molar refractivity (Wildman–Crippen MR) is 124 cm³/mol. The van der Waals surface area contributed by atoms with Gasteiger partial charge in [0.25, 0.3) is 0 Å². The second-order valence-electron chi connectivity index (χ2n) is 8.41. The van der Waals surface area contributed by atoms with E-state index in [0.29, 0.717) is 24.3 Å². The van der Waals surface area contributed by atoms with Gasteiger partial charge in [-0.1, -0.05) is 36.4 Å². The van der Waals surface area contributed by atoms with Crippen molar-refractivity contribution in [3.8, 4) is 16.9 Å². The van der Waals surface area contributed by atoms with E-state index in [-0.39, 0.29) is 0 Å². The molecule has 2 N–H and O–H groups in total. The van der Waals surface area contributed by atoms with Gasteiger partial charge >= 0.3 is 12.1 Å². The van der Waals surface area contributed by atoms with Gasteiger partial charge in [0.05, 0.1) is 30.5 Å². The van der Waals surface area contributed by atoms with E-state index in [1.54, 1.807) is 24.5 Å². The number of nitrogens with zero attached hydrogens (tertiary/aromatic N) is 1. The Morgan fingerprint density at radius 3 is 2.60 bits per heavy atom. The molecule has 1 aliphatic rings. The fourth-order valence-corrected chi connectivity index (χ4v) is 4.41. The number of aromatic amines is 1. The highest BCUT2D eigenvalue weighted by Gasteiger charge is 2.45. The lowest BCUT2D eigenvalue weighted by atomic mass is 10.0. The summed E-state index contributed by atoms with van der Waals surface area (Å²) in [7, 11) is 1.52. The monoisotopic (exact) mass is 481 g/mol. The number of rotatable bonds is 6. The topological polar surface area (TPSA) is 76.2 Å². The van der Waals surface area contributed by atoms with Crippen LogP contribution in [0.15, 0.2) is 67.0 Å². The Hall–Kier alpha value is -3.85. The van der Waals surface area contributed by atoms with Gasteiger partial charge in [-0.25, -0.2) is 9.78 Å². The molecule has 9 heteroatoms. The van der Waals surface area contributed by atoms with Crippen LogP contribution in [-0.4, -0.2) is 35.3 Å². The lowest BCUT2D eigenvalue weighted by Gasteiger charge is -2.23. The molecule has 1 heterocycles. The van der Waals surface area contributed by atoms with E-state index in [1.165, 1.54) is 7.11 Å². The van der Waals surface area contributed by atoms with Crippen LogP contribution in [0.25, 0.3) is 22.2 Å². The van der Waals surface area contributed by atoms with Crippen molar-refractivity contribution >= 4 is 17.0 Å². The Kier molecular flexibility index (Phi) is 5.94. The van der Waals surface area contributed by atoms with Crippen LogP contribution in [0.2, 0.25) is 0 Å². The smallest absolute Gasteiger partial charge is 0.490 e. The third kappa shape index (κ3) is 4.72. The SMILES string of the molecule is COc1ccc2c(c1)CC(NCc1ccc(-c3ccc4[nH]cnc4c3)cc1)C2OC(=O)C(F)(F)F. The largest absolute Gasteiger partial charge is 0.497 e. The van der Waals surface area contributed by atoms with Crippen molar-refractivity contribution in [1.29, 1.82) is 0 Å². The van der Waals surface area contributed by atoms with Crippen molar-refractivity contribution in [3.05, 3.63) is 83.7 Å². The Balaban J connectivity index is 1.31. The first-order valence-electron chi connectivity index (χ1n) is 11.0. The van der Waals surface area contributed by atoms with Crippen LogP contribution >= 0.6 is 0 Å². The van der Waals surface area contributed by atoms with Gasteiger partial charge in [-0.2, -0.15) is 13.2 Å². The molecule has 0 amide bonds. The Morgan fingerprint density at radius 1 is 1.09 bits per heavy atom. The number of hydrogen-bond acceptors (Lipinski definition) is 5. The maximum absolute atomic E-state index is 12.9. The van der Waals surface area contributed by atoms with Gasteiger partial charge in [-0.15, -0.1) is 0 Å². The summed E-state index contributed by atoms with van der Waals surface area (Å²) in [5.41, 5.74) is 6.18. The number of ether oxygens (including phenoxy) is 2. The number of esters is 1. The average Bonchev–Trinajstić information content (AvgIpc) is 3.46. The number of fused-ring (bicyclic) bond motifs is 2. The number of carbonyl (C=O) groups is 1. The predicted octanol–water partition coefficient (Wildman–Crippen LogP) is 5.10. The Morgan fingerprint density at radius 2 is 1.86 bits per heavy atom. The normalized spacial score (nSPS) is 17.4. The van der Waals surface area contributed by atoms with Crippen molar-refractivity contribution < 1.29 is 27.4 Å². The highest BCUT2D eigenvalue weighted by Crippen LogP contribution is 2.38. The lowest BCUT2D eigenvalue weighted by molar-refractivity contribution is -0.206. The van der Waals surface area contributed by atoms with Crippen LogP contribution in [0.4, 0.5) is 13.2 Å². The maximum Gasteiger partial charge on any atom is 0.490 e. The first kappa shape index (κ1) is 22.9. The molecule has 0 radical (unpaired) electrons. The number of benzene rings is 3. The van der Waals surface area contributed by atoms with Crippen LogP contribution in [0.1, 0.15) is 22.8 Å². The summed E-state index contributed by atoms with van der Waals surface area (Å²) in [6.07, 6.45) is -4.05. The van der Waals surface area contributed by atoms with E-state index in [2.05, 4.69) is 15.3 Å². The number of hydrogen-bond donors (Lipinski definition) is 2. The summed E-state index contributed by atoms with van der Waals surface area (Å²) in [5.74, 6) is -1.61. The van der Waals surface area contributed by atoms with E-state index in [1.807, 2.05) is 42.5 Å². The Labute approximate surface area is 199 Å². The third-order valence-electron chi connectivity index (χ3n) is 6.20. The number of halogens is 3. The van der Waals surface area contributed by atoms with Crippen molar-refractivity contribution in [2.45, 2.75) is 31.3 Å². The van der Waals surface area contributed by atoms with Crippen molar-refractivity contribution in [1.82, 2.24) is 15.3 Å². The minimum absolute atomic E-state index is 0.397. The second-order valence-corrected chi connectivity index (χ2v) is 8.41. The molecule has 2 unspecified atom stereocenters. The zero-order chi connectivity index (χ0) is 24.6. The molecule has 0 bridgehead atoms. The first-order valence-corrected chi connectivity index (χ1v) is 11.0. The lowest BCUT2D eigenvalue weighted by Crippen LogP contribution is -2.37. The number of H-pyrrole nitrogens is 1. The van der Waals surface area contributed by atoms with Gasteiger partial charge in [-0.3, -0.25) is 0 Å². The van der Waals surface area contributed by atoms with Crippen LogP contribution in [0.5, 0.6) is 5.75 Å². The molecule has 2 atom stereocenters. The number of nitrogens with one attached hydrogen (secondary N) is 2. The van der Waals surface area contributed by atoms with E-state index in [9.17, 15) is 18.0 Å². The molecule has 0 saturated heterocycles. The minimum Gasteiger partial charge on any atom is -0.497 e. The summed E-state index contributed by atoms with van der Waals surface area (Å²) in [6, 6.07) is 18.4. The first-order chi connectivity index (χ1) is 16.8. The molecule has 6 nitrogen and oxygen atoms in total. The molecule has 4 aromatic rings. The molecule has 0 spiro atoms. The average molecular weight is 481 g/mol. The highest BCUT2D eigenvalue weighted by atomic mass is 19.4. The van der Waals surface area contributed by atoms with Crippen LogP contribution < -0.4 is 10.1 Å². The van der Waals surface area contributed by atoms with Gasteiger partial charge in [0, 0.05) is 6.54 Å². The molecule has 5 rings (SSSR count). The second kappa shape index (κ2) is 9.07. The van der Waals surface area contributed by atoms with Crippen molar-refractivity contribution in [2.75, 3.05) is 7.11 Å². The van der Waals surface area contributed by atoms with Gasteiger partial charge < -0.3 is 19.8 Å². The van der Waals surface area contributed by atoms with Crippen molar-refractivity contribution in [3.63, 3.8) is 0 Å². The summed E-state index contributed by atoms with van der Waals surface area (Å²) >= 11 is 0. The van der Waals surface area contributed by atoms with Gasteiger partial charge in [0.2, 0.25) is 0 Å². The van der Waals surface area contributed by atoms with Crippen LogP contribution in [-0.2, 0) is 22.5 Å². The fourth-order valence-electron chi connectivity index (χ4n) is 4.41. The Bertz CT molecular complexity index is 1370. The summed E-state index contributed by atoms with van der Waals surface area (Å²) in [5, 5.41) is 3.27. The maximum atomic E-state index is 12.9. The molecular formula is C26H22F3N3O3. The quantitative estimate of drug-likeness (QED) is 0.375. The minimum atomic E-state index is -5.06. The highest BCUT2D eigenvalue weighted by molar-refractivity contribution is 5.81. The van der Waals surface area contributed by atoms with E-state index in [4.69, 9.17) is 9.47 Å². The molecule has 0 fully saturated rings. The number of aromatic nitrogens is 2. The van der Waals surface area contributed by atoms with E-state index >= 15 is 0 Å². The van der Waals surface area contributed by atoms with E-state index < -0.39 is 24.3 Å². The molecule has 35 heavy (non-hydrogen) atoms. The van der Waals surface area contributed by atoms with E-state index in [0.717, 1.165) is 33.3 Å². The third-order valence-corrected chi connectivity index (χ3v) is 6.20. The summed E-state index contributed by atoms with van der Waals surface area (Å²) in [4.78, 5) is 19.0.